The maximum absolute atomic E-state index is 14.8. The van der Waals surface area contributed by atoms with Gasteiger partial charge in [0.05, 0.1) is 16.4 Å². The van der Waals surface area contributed by atoms with Crippen LogP contribution in [0, 0.1) is 18.7 Å². The van der Waals surface area contributed by atoms with Gasteiger partial charge in [-0.1, -0.05) is 43.4 Å². The summed E-state index contributed by atoms with van der Waals surface area (Å²) >= 11 is 0. The Balaban J connectivity index is 1.25. The smallest absolute Gasteiger partial charge is 0.181 e. The van der Waals surface area contributed by atoms with Gasteiger partial charge in [-0.15, -0.1) is 0 Å². The standard InChI is InChI=1S/C37H40FN7O/c1-23-7-9-25(22-45-11-5-6-12-45)16-26(15-23)28-19-32-35(42-43-36(32)39-21-28)37-40-33-24(2)8-10-31(34(33)41-37)27-17-29(38)20-30(18-27)46-14-13-44(3)4/h7-10,15-21,23H,5-6,11-14,22H2,1-4H3,(H,40,41)(H,39,42,43)/t23-/m0/s1. The minimum atomic E-state index is -0.348. The summed E-state index contributed by atoms with van der Waals surface area (Å²) in [7, 11) is 3.96. The van der Waals surface area contributed by atoms with E-state index in [0.717, 1.165) is 76.1 Å². The first-order valence-electron chi connectivity index (χ1n) is 16.1. The van der Waals surface area contributed by atoms with Gasteiger partial charge >= 0.3 is 0 Å². The molecule has 9 heteroatoms. The van der Waals surface area contributed by atoms with Gasteiger partial charge in [0.15, 0.2) is 11.5 Å². The topological polar surface area (TPSA) is 86.0 Å². The minimum absolute atomic E-state index is 0.306. The summed E-state index contributed by atoms with van der Waals surface area (Å²) in [6.07, 6.45) is 13.6. The molecule has 1 aliphatic heterocycles. The highest BCUT2D eigenvalue weighted by Gasteiger charge is 2.19. The van der Waals surface area contributed by atoms with Crippen molar-refractivity contribution in [3.05, 3.63) is 89.4 Å². The maximum atomic E-state index is 14.8. The summed E-state index contributed by atoms with van der Waals surface area (Å²) in [5.74, 6) is 1.11. The van der Waals surface area contributed by atoms with Crippen LogP contribution in [0.5, 0.6) is 5.75 Å². The number of benzene rings is 2. The third-order valence-electron chi connectivity index (χ3n) is 8.82. The van der Waals surface area contributed by atoms with E-state index in [2.05, 4.69) is 57.4 Å². The highest BCUT2D eigenvalue weighted by Crippen LogP contribution is 2.35. The third kappa shape index (κ3) is 6.25. The Hall–Kier alpha value is -4.60. The number of aromatic amines is 2. The quantitative estimate of drug-likeness (QED) is 0.183. The Morgan fingerprint density at radius 3 is 2.76 bits per heavy atom. The number of hydrogen-bond donors (Lipinski definition) is 2. The van der Waals surface area contributed by atoms with Crippen LogP contribution in [-0.2, 0) is 0 Å². The molecule has 236 valence electrons. The van der Waals surface area contributed by atoms with Gasteiger partial charge in [0.25, 0.3) is 0 Å². The van der Waals surface area contributed by atoms with Crippen LogP contribution in [0.3, 0.4) is 0 Å². The molecule has 1 atom stereocenters. The molecule has 2 aliphatic rings. The lowest BCUT2D eigenvalue weighted by Crippen LogP contribution is -2.21. The number of likely N-dealkylation sites (N-methyl/N-ethyl adjacent to an activating group) is 1. The fourth-order valence-corrected chi connectivity index (χ4v) is 6.36. The summed E-state index contributed by atoms with van der Waals surface area (Å²) in [4.78, 5) is 17.8. The zero-order chi connectivity index (χ0) is 31.8. The predicted octanol–water partition coefficient (Wildman–Crippen LogP) is 7.17. The van der Waals surface area contributed by atoms with E-state index < -0.39 is 0 Å². The number of likely N-dealkylation sites (tertiary alicyclic amines) is 1. The van der Waals surface area contributed by atoms with Gasteiger partial charge in [-0.05, 0) is 93.3 Å². The molecule has 0 unspecified atom stereocenters. The van der Waals surface area contributed by atoms with Crippen LogP contribution < -0.4 is 4.74 Å². The van der Waals surface area contributed by atoms with E-state index in [1.165, 1.54) is 30.5 Å². The molecule has 0 radical (unpaired) electrons. The van der Waals surface area contributed by atoms with Crippen LogP contribution in [0.2, 0.25) is 0 Å². The number of pyridine rings is 1. The molecule has 0 bridgehead atoms. The highest BCUT2D eigenvalue weighted by atomic mass is 19.1. The Kier molecular flexibility index (Phi) is 8.27. The molecule has 2 N–H and O–H groups in total. The zero-order valence-electron chi connectivity index (χ0n) is 26.9. The summed E-state index contributed by atoms with van der Waals surface area (Å²) in [5.41, 5.74) is 9.13. The number of aromatic nitrogens is 5. The molecule has 1 aliphatic carbocycles. The normalized spacial score (nSPS) is 17.2. The first kappa shape index (κ1) is 30.1. The molecule has 4 heterocycles. The second-order valence-corrected chi connectivity index (χ2v) is 12.8. The van der Waals surface area contributed by atoms with Crippen molar-refractivity contribution in [2.75, 3.05) is 46.9 Å². The molecule has 3 aromatic heterocycles. The molecule has 2 aromatic carbocycles. The van der Waals surface area contributed by atoms with Crippen LogP contribution in [0.15, 0.2) is 72.5 Å². The Morgan fingerprint density at radius 1 is 1.09 bits per heavy atom. The predicted molar refractivity (Wildman–Crippen MR) is 183 cm³/mol. The molecule has 0 amide bonds. The summed E-state index contributed by atoms with van der Waals surface area (Å²) in [6, 6.07) is 11.0. The number of allylic oxidation sites excluding steroid dienone is 4. The first-order chi connectivity index (χ1) is 22.3. The van der Waals surface area contributed by atoms with Gasteiger partial charge in [-0.25, -0.2) is 14.4 Å². The van der Waals surface area contributed by atoms with Gasteiger partial charge in [0, 0.05) is 36.5 Å². The number of aryl methyl sites for hydroxylation is 1. The number of fused-ring (bicyclic) bond motifs is 2. The molecule has 7 rings (SSSR count). The van der Waals surface area contributed by atoms with E-state index in [1.807, 2.05) is 50.3 Å². The van der Waals surface area contributed by atoms with E-state index in [1.54, 1.807) is 0 Å². The summed E-state index contributed by atoms with van der Waals surface area (Å²) in [5, 5.41) is 8.59. The molecule has 0 saturated carbocycles. The lowest BCUT2D eigenvalue weighted by molar-refractivity contribution is 0.260. The van der Waals surface area contributed by atoms with E-state index >= 15 is 0 Å². The third-order valence-corrected chi connectivity index (χ3v) is 8.82. The monoisotopic (exact) mass is 617 g/mol. The lowest BCUT2D eigenvalue weighted by Gasteiger charge is -2.15. The first-order valence-corrected chi connectivity index (χ1v) is 16.1. The number of imidazole rings is 1. The maximum Gasteiger partial charge on any atom is 0.181 e. The fourth-order valence-electron chi connectivity index (χ4n) is 6.36. The van der Waals surface area contributed by atoms with Crippen LogP contribution in [0.25, 0.3) is 50.3 Å². The van der Waals surface area contributed by atoms with Crippen molar-refractivity contribution in [2.24, 2.45) is 5.92 Å². The summed E-state index contributed by atoms with van der Waals surface area (Å²) in [6.45, 7) is 8.74. The highest BCUT2D eigenvalue weighted by molar-refractivity contribution is 5.98. The van der Waals surface area contributed by atoms with Crippen LogP contribution in [-0.4, -0.2) is 81.8 Å². The second-order valence-electron chi connectivity index (χ2n) is 12.8. The second kappa shape index (κ2) is 12.7. The van der Waals surface area contributed by atoms with Crippen molar-refractivity contribution in [1.82, 2.24) is 34.9 Å². The van der Waals surface area contributed by atoms with Gasteiger partial charge in [0.1, 0.15) is 23.9 Å². The molecule has 5 aromatic rings. The summed E-state index contributed by atoms with van der Waals surface area (Å²) < 4.78 is 20.7. The Labute approximate surface area is 268 Å². The van der Waals surface area contributed by atoms with Crippen LogP contribution in [0.1, 0.15) is 30.9 Å². The molecule has 1 saturated heterocycles. The molecular formula is C37H40FN7O. The van der Waals surface area contributed by atoms with Crippen molar-refractivity contribution in [3.8, 4) is 28.4 Å². The van der Waals surface area contributed by atoms with Gasteiger partial charge in [-0.2, -0.15) is 5.10 Å². The van der Waals surface area contributed by atoms with E-state index in [-0.39, 0.29) is 5.82 Å². The zero-order valence-corrected chi connectivity index (χ0v) is 26.9. The number of ether oxygens (including phenoxy) is 1. The molecule has 46 heavy (non-hydrogen) atoms. The Bertz CT molecular complexity index is 1990. The van der Waals surface area contributed by atoms with Crippen LogP contribution in [0.4, 0.5) is 4.39 Å². The van der Waals surface area contributed by atoms with E-state index in [9.17, 15) is 4.39 Å². The SMILES string of the molecule is Cc1ccc(-c2cc(F)cc(OCCN(C)C)c2)c2[nH]c(-c3[nH]nc4ncc(C5=C[C@@H](C)C=CC(CN6CCCC6)=C5)cc34)nc12. The lowest BCUT2D eigenvalue weighted by atomic mass is 10.0. The number of nitrogens with zero attached hydrogens (tertiary/aromatic N) is 5. The van der Waals surface area contributed by atoms with Crippen molar-refractivity contribution >= 4 is 27.6 Å². The van der Waals surface area contributed by atoms with E-state index in [0.29, 0.717) is 29.7 Å². The van der Waals surface area contributed by atoms with Gasteiger partial charge in [0.2, 0.25) is 0 Å². The molecule has 8 nitrogen and oxygen atoms in total. The average molecular weight is 618 g/mol. The average Bonchev–Trinajstić information content (AvgIpc) is 3.77. The Morgan fingerprint density at radius 2 is 1.93 bits per heavy atom. The number of hydrogen-bond acceptors (Lipinski definition) is 6. The fraction of sp³-hybridized carbons (Fsp3) is 0.324. The van der Waals surface area contributed by atoms with E-state index in [4.69, 9.17) is 14.7 Å². The van der Waals surface area contributed by atoms with Crippen molar-refractivity contribution in [1.29, 1.82) is 0 Å². The van der Waals surface area contributed by atoms with Crippen molar-refractivity contribution in [2.45, 2.75) is 26.7 Å². The van der Waals surface area contributed by atoms with Crippen molar-refractivity contribution in [3.63, 3.8) is 0 Å². The molecule has 0 spiro atoms. The number of rotatable bonds is 9. The number of nitrogens with one attached hydrogen (secondary N) is 2. The minimum Gasteiger partial charge on any atom is -0.492 e. The van der Waals surface area contributed by atoms with Gasteiger partial charge < -0.3 is 14.6 Å². The molecular weight excluding hydrogens is 577 g/mol. The van der Waals surface area contributed by atoms with Crippen molar-refractivity contribution < 1.29 is 9.13 Å². The molecule has 1 fully saturated rings. The number of halogens is 1. The number of H-pyrrole nitrogens is 2. The largest absolute Gasteiger partial charge is 0.492 e. The van der Waals surface area contributed by atoms with Crippen LogP contribution >= 0.6 is 0 Å². The van der Waals surface area contributed by atoms with Gasteiger partial charge in [-0.3, -0.25) is 10.00 Å².